The fourth-order valence-corrected chi connectivity index (χ4v) is 3.58. The first kappa shape index (κ1) is 11.4. The Morgan fingerprint density at radius 1 is 1.47 bits per heavy atom. The zero-order chi connectivity index (χ0) is 10.8. The van der Waals surface area contributed by atoms with Crippen molar-refractivity contribution in [2.24, 2.45) is 0 Å². The van der Waals surface area contributed by atoms with E-state index in [-0.39, 0.29) is 0 Å². The predicted molar refractivity (Wildman–Crippen MR) is 71.3 cm³/mol. The average molecular weight is 324 g/mol. The Morgan fingerprint density at radius 2 is 2.27 bits per heavy atom. The van der Waals surface area contributed by atoms with E-state index in [1.807, 2.05) is 12.4 Å². The Labute approximate surface area is 110 Å². The summed E-state index contributed by atoms with van der Waals surface area (Å²) in [6.45, 7) is 0.861. The van der Waals surface area contributed by atoms with Gasteiger partial charge in [0.1, 0.15) is 5.15 Å². The second-order valence-corrected chi connectivity index (χ2v) is 6.18. The van der Waals surface area contributed by atoms with Crippen molar-refractivity contribution in [2.75, 3.05) is 11.9 Å². The van der Waals surface area contributed by atoms with Gasteiger partial charge in [0.2, 0.25) is 0 Å². The largest absolute Gasteiger partial charge is 0.346 e. The van der Waals surface area contributed by atoms with E-state index < -0.39 is 0 Å². The third-order valence-corrected chi connectivity index (χ3v) is 4.77. The van der Waals surface area contributed by atoms with Gasteiger partial charge in [-0.3, -0.25) is 0 Å². The Morgan fingerprint density at radius 3 is 2.80 bits per heavy atom. The number of hydrogen-bond acceptors (Lipinski definition) is 4. The second kappa shape index (κ2) is 4.82. The van der Waals surface area contributed by atoms with Gasteiger partial charge in [0.15, 0.2) is 5.13 Å². The normalized spacial score (nSPS) is 10.6. The molecular formula is C9H8BrClN2S2. The van der Waals surface area contributed by atoms with Gasteiger partial charge < -0.3 is 4.90 Å². The van der Waals surface area contributed by atoms with Crippen LogP contribution in [-0.4, -0.2) is 12.0 Å². The maximum absolute atomic E-state index is 5.78. The third-order valence-electron chi connectivity index (χ3n) is 1.81. The standard InChI is InChI=1S/C9H8BrClN2S2/c1-13(9-12-8(11)5-15-9)3-7-2-6(10)4-14-7/h2,4-5H,3H2,1H3. The van der Waals surface area contributed by atoms with Crippen LogP contribution in [0.3, 0.4) is 0 Å². The monoisotopic (exact) mass is 322 g/mol. The zero-order valence-electron chi connectivity index (χ0n) is 7.91. The lowest BCUT2D eigenvalue weighted by molar-refractivity contribution is 0.931. The van der Waals surface area contributed by atoms with Crippen LogP contribution in [-0.2, 0) is 6.54 Å². The van der Waals surface area contributed by atoms with Crippen LogP contribution in [0.5, 0.6) is 0 Å². The van der Waals surface area contributed by atoms with Gasteiger partial charge in [0, 0.05) is 27.2 Å². The Kier molecular flexibility index (Phi) is 3.66. The smallest absolute Gasteiger partial charge is 0.186 e. The van der Waals surface area contributed by atoms with Crippen molar-refractivity contribution in [3.63, 3.8) is 0 Å². The number of halogens is 2. The van der Waals surface area contributed by atoms with E-state index in [0.717, 1.165) is 16.1 Å². The summed E-state index contributed by atoms with van der Waals surface area (Å²) in [5.74, 6) is 0. The minimum atomic E-state index is 0.564. The van der Waals surface area contributed by atoms with Gasteiger partial charge in [-0.25, -0.2) is 4.98 Å². The molecular weight excluding hydrogens is 316 g/mol. The fourth-order valence-electron chi connectivity index (χ4n) is 1.16. The molecule has 80 valence electrons. The SMILES string of the molecule is CN(Cc1cc(Br)cs1)c1nc(Cl)cs1. The molecule has 0 atom stereocenters. The van der Waals surface area contributed by atoms with Crippen LogP contribution in [0.2, 0.25) is 5.15 Å². The molecule has 0 unspecified atom stereocenters. The van der Waals surface area contributed by atoms with Crippen molar-refractivity contribution in [3.05, 3.63) is 31.3 Å². The topological polar surface area (TPSA) is 16.1 Å². The molecule has 0 saturated heterocycles. The maximum atomic E-state index is 5.78. The minimum Gasteiger partial charge on any atom is -0.346 e. The first-order valence-corrected chi connectivity index (χ1v) is 7.13. The number of aromatic nitrogens is 1. The first-order valence-electron chi connectivity index (χ1n) is 4.20. The Balaban J connectivity index is 2.06. The van der Waals surface area contributed by atoms with Gasteiger partial charge in [-0.2, -0.15) is 0 Å². The fraction of sp³-hybridized carbons (Fsp3) is 0.222. The van der Waals surface area contributed by atoms with Crippen LogP contribution in [0.4, 0.5) is 5.13 Å². The van der Waals surface area contributed by atoms with Gasteiger partial charge >= 0.3 is 0 Å². The molecule has 0 radical (unpaired) electrons. The highest BCUT2D eigenvalue weighted by atomic mass is 79.9. The molecule has 0 amide bonds. The van der Waals surface area contributed by atoms with Gasteiger partial charge in [-0.15, -0.1) is 22.7 Å². The molecule has 0 aliphatic rings. The van der Waals surface area contributed by atoms with Crippen molar-refractivity contribution in [1.29, 1.82) is 0 Å². The highest BCUT2D eigenvalue weighted by Crippen LogP contribution is 2.26. The van der Waals surface area contributed by atoms with E-state index in [0.29, 0.717) is 5.15 Å². The molecule has 0 spiro atoms. The van der Waals surface area contributed by atoms with E-state index >= 15 is 0 Å². The first-order chi connectivity index (χ1) is 7.15. The average Bonchev–Trinajstić information content (AvgIpc) is 2.75. The van der Waals surface area contributed by atoms with E-state index in [1.165, 1.54) is 4.88 Å². The molecule has 0 aromatic carbocycles. The van der Waals surface area contributed by atoms with E-state index in [2.05, 4.69) is 37.3 Å². The number of rotatable bonds is 3. The van der Waals surface area contributed by atoms with Gasteiger partial charge in [-0.05, 0) is 22.0 Å². The summed E-state index contributed by atoms with van der Waals surface area (Å²) in [5, 5.41) is 5.44. The molecule has 0 saturated carbocycles. The van der Waals surface area contributed by atoms with Crippen molar-refractivity contribution < 1.29 is 0 Å². The highest BCUT2D eigenvalue weighted by molar-refractivity contribution is 9.10. The van der Waals surface area contributed by atoms with Crippen molar-refractivity contribution in [2.45, 2.75) is 6.54 Å². The van der Waals surface area contributed by atoms with Crippen molar-refractivity contribution in [3.8, 4) is 0 Å². The molecule has 6 heteroatoms. The molecule has 2 heterocycles. The van der Waals surface area contributed by atoms with Gasteiger partial charge in [-0.1, -0.05) is 11.6 Å². The summed E-state index contributed by atoms with van der Waals surface area (Å²) < 4.78 is 1.13. The number of thiophene rings is 1. The molecule has 2 nitrogen and oxygen atoms in total. The Bertz CT molecular complexity index is 454. The van der Waals surface area contributed by atoms with Crippen LogP contribution in [0.1, 0.15) is 4.88 Å². The summed E-state index contributed by atoms with van der Waals surface area (Å²) in [5.41, 5.74) is 0. The molecule has 15 heavy (non-hydrogen) atoms. The summed E-state index contributed by atoms with van der Waals surface area (Å²) in [6, 6.07) is 2.12. The number of anilines is 1. The van der Waals surface area contributed by atoms with Gasteiger partial charge in [0.05, 0.1) is 6.54 Å². The van der Waals surface area contributed by atoms with E-state index in [1.54, 1.807) is 22.7 Å². The van der Waals surface area contributed by atoms with E-state index in [4.69, 9.17) is 11.6 Å². The van der Waals surface area contributed by atoms with Crippen LogP contribution < -0.4 is 4.90 Å². The highest BCUT2D eigenvalue weighted by Gasteiger charge is 2.07. The van der Waals surface area contributed by atoms with Crippen LogP contribution in [0.15, 0.2) is 21.3 Å². The van der Waals surface area contributed by atoms with E-state index in [9.17, 15) is 0 Å². The predicted octanol–water partition coefficient (Wildman–Crippen LogP) is 4.26. The number of hydrogen-bond donors (Lipinski definition) is 0. The summed E-state index contributed by atoms with van der Waals surface area (Å²) in [4.78, 5) is 7.61. The van der Waals surface area contributed by atoms with Crippen LogP contribution in [0, 0.1) is 0 Å². The summed E-state index contributed by atoms with van der Waals surface area (Å²) >= 11 is 12.5. The minimum absolute atomic E-state index is 0.564. The molecule has 2 aromatic heterocycles. The molecule has 0 fully saturated rings. The molecule has 2 rings (SSSR count). The number of thiazole rings is 1. The molecule has 0 aliphatic heterocycles. The molecule has 0 N–H and O–H groups in total. The molecule has 0 bridgehead atoms. The number of nitrogens with zero attached hydrogens (tertiary/aromatic N) is 2. The summed E-state index contributed by atoms with van der Waals surface area (Å²) in [7, 11) is 2.02. The lowest BCUT2D eigenvalue weighted by Gasteiger charge is -2.13. The summed E-state index contributed by atoms with van der Waals surface area (Å²) in [6.07, 6.45) is 0. The molecule has 2 aromatic rings. The van der Waals surface area contributed by atoms with Crippen LogP contribution in [0.25, 0.3) is 0 Å². The Hall–Kier alpha value is -0.100. The zero-order valence-corrected chi connectivity index (χ0v) is 11.9. The van der Waals surface area contributed by atoms with Crippen molar-refractivity contribution >= 4 is 55.3 Å². The van der Waals surface area contributed by atoms with Crippen LogP contribution >= 0.6 is 50.2 Å². The second-order valence-electron chi connectivity index (χ2n) is 3.04. The maximum Gasteiger partial charge on any atom is 0.186 e. The quantitative estimate of drug-likeness (QED) is 0.839. The van der Waals surface area contributed by atoms with Crippen molar-refractivity contribution in [1.82, 2.24) is 4.98 Å². The van der Waals surface area contributed by atoms with Gasteiger partial charge in [0.25, 0.3) is 0 Å². The third kappa shape index (κ3) is 2.93. The lowest BCUT2D eigenvalue weighted by atomic mass is 10.4. The lowest BCUT2D eigenvalue weighted by Crippen LogP contribution is -2.14. The molecule has 0 aliphatic carbocycles.